The molecule has 1 aromatic carbocycles. The first-order valence-electron chi connectivity index (χ1n) is 5.40. The highest BCUT2D eigenvalue weighted by Crippen LogP contribution is 2.12. The number of aryl methyl sites for hydroxylation is 1. The van der Waals surface area contributed by atoms with E-state index in [4.69, 9.17) is 18.0 Å². The van der Waals surface area contributed by atoms with Crippen molar-refractivity contribution in [2.45, 2.75) is 13.2 Å². The van der Waals surface area contributed by atoms with Gasteiger partial charge in [0, 0.05) is 19.7 Å². The molecule has 0 amide bonds. The molecule has 3 N–H and O–H groups in total. The van der Waals surface area contributed by atoms with Gasteiger partial charge in [-0.05, 0) is 24.7 Å². The molecule has 0 aromatic heterocycles. The van der Waals surface area contributed by atoms with Crippen molar-refractivity contribution in [3.63, 3.8) is 0 Å². The molecule has 0 aliphatic rings. The second-order valence-electron chi connectivity index (χ2n) is 4.08. The van der Waals surface area contributed by atoms with Crippen molar-refractivity contribution in [1.29, 1.82) is 0 Å². The van der Waals surface area contributed by atoms with E-state index in [1.807, 2.05) is 6.07 Å². The first-order chi connectivity index (χ1) is 8.36. The van der Waals surface area contributed by atoms with E-state index in [1.165, 1.54) is 5.01 Å². The number of benzene rings is 1. The Balaban J connectivity index is 3.03. The molecule has 5 nitrogen and oxygen atoms in total. The summed E-state index contributed by atoms with van der Waals surface area (Å²) in [5.74, 6) is -0.436. The second kappa shape index (κ2) is 5.90. The number of hydrogen-bond donors (Lipinski definition) is 2. The normalized spacial score (nSPS) is 12.3. The van der Waals surface area contributed by atoms with Gasteiger partial charge in [-0.15, -0.1) is 0 Å². The molecule has 0 spiro atoms. The minimum atomic E-state index is -1.42. The zero-order chi connectivity index (χ0) is 13.9. The van der Waals surface area contributed by atoms with Crippen LogP contribution in [0.15, 0.2) is 24.3 Å². The summed E-state index contributed by atoms with van der Waals surface area (Å²) in [6.45, 7) is 1.81. The molecular weight excluding hydrogens is 250 g/mol. The fourth-order valence-electron chi connectivity index (χ4n) is 1.64. The topological polar surface area (TPSA) is 69.8 Å². The number of nitrogens with zero attached hydrogens (tertiary/aromatic N) is 2. The number of hydrazine groups is 1. The minimum absolute atomic E-state index is 0.0607. The quantitative estimate of drug-likeness (QED) is 0.359. The van der Waals surface area contributed by atoms with E-state index in [2.05, 4.69) is 0 Å². The van der Waals surface area contributed by atoms with Crippen LogP contribution in [0.3, 0.4) is 0 Å². The van der Waals surface area contributed by atoms with Gasteiger partial charge in [0.25, 0.3) is 0 Å². The van der Waals surface area contributed by atoms with Crippen molar-refractivity contribution >= 4 is 23.1 Å². The molecule has 1 atom stereocenters. The van der Waals surface area contributed by atoms with Gasteiger partial charge in [0.2, 0.25) is 12.0 Å². The number of aliphatic hydroxyl groups is 1. The third-order valence-corrected chi connectivity index (χ3v) is 2.72. The predicted octanol–water partition coefficient (Wildman–Crippen LogP) is 0.518. The number of nitrogens with two attached hydrogens (primary N) is 1. The number of rotatable bonds is 4. The van der Waals surface area contributed by atoms with E-state index in [-0.39, 0.29) is 5.11 Å². The first-order valence-corrected chi connectivity index (χ1v) is 5.81. The molecule has 0 fully saturated rings. The molecule has 18 heavy (non-hydrogen) atoms. The van der Waals surface area contributed by atoms with Gasteiger partial charge in [-0.1, -0.05) is 24.3 Å². The number of carbonyl (C=O) groups is 1. The average Bonchev–Trinajstić information content (AvgIpc) is 2.27. The maximum atomic E-state index is 12.2. The van der Waals surface area contributed by atoms with Gasteiger partial charge in [0.15, 0.2) is 5.11 Å². The van der Waals surface area contributed by atoms with Crippen molar-refractivity contribution < 1.29 is 9.90 Å². The van der Waals surface area contributed by atoms with E-state index >= 15 is 0 Å². The molecule has 0 saturated carbocycles. The highest BCUT2D eigenvalue weighted by atomic mass is 32.1. The number of aliphatic hydroxyl groups excluding tert-OH is 1. The van der Waals surface area contributed by atoms with Crippen LogP contribution in [0.25, 0.3) is 0 Å². The molecule has 98 valence electrons. The van der Waals surface area contributed by atoms with Gasteiger partial charge in [-0.25, -0.2) is 10.0 Å². The summed E-state index contributed by atoms with van der Waals surface area (Å²) in [7, 11) is 3.29. The lowest BCUT2D eigenvalue weighted by Gasteiger charge is -2.32. The summed E-state index contributed by atoms with van der Waals surface area (Å²) >= 11 is 4.82. The van der Waals surface area contributed by atoms with Crippen LogP contribution in [0.2, 0.25) is 0 Å². The van der Waals surface area contributed by atoms with Gasteiger partial charge < -0.3 is 10.8 Å². The fourth-order valence-corrected chi connectivity index (χ4v) is 1.90. The summed E-state index contributed by atoms with van der Waals surface area (Å²) in [6, 6.07) is 7.04. The maximum Gasteiger partial charge on any atom is 0.213 e. The van der Waals surface area contributed by atoms with E-state index in [9.17, 15) is 9.90 Å². The maximum absolute atomic E-state index is 12.2. The molecule has 1 rings (SSSR count). The van der Waals surface area contributed by atoms with Crippen molar-refractivity contribution in [2.75, 3.05) is 14.1 Å². The Labute approximate surface area is 112 Å². The Bertz CT molecular complexity index is 462. The molecule has 0 saturated heterocycles. The highest BCUT2D eigenvalue weighted by molar-refractivity contribution is 7.80. The number of hydrogen-bond acceptors (Lipinski definition) is 4. The number of ketones is 1. The SMILES string of the molecule is Cc1ccccc1C(=O)C(O)N(C(N)=S)N(C)C. The molecule has 0 radical (unpaired) electrons. The van der Waals surface area contributed by atoms with Crippen LogP contribution in [0, 0.1) is 6.92 Å². The van der Waals surface area contributed by atoms with E-state index in [0.29, 0.717) is 5.56 Å². The third-order valence-electron chi connectivity index (χ3n) is 2.53. The van der Waals surface area contributed by atoms with Crippen molar-refractivity contribution in [3.05, 3.63) is 35.4 Å². The van der Waals surface area contributed by atoms with Crippen LogP contribution >= 0.6 is 12.2 Å². The van der Waals surface area contributed by atoms with Crippen molar-refractivity contribution in [1.82, 2.24) is 10.0 Å². The lowest BCUT2D eigenvalue weighted by atomic mass is 10.0. The third kappa shape index (κ3) is 3.04. The van der Waals surface area contributed by atoms with Gasteiger partial charge in [0.1, 0.15) is 0 Å². The first kappa shape index (κ1) is 14.6. The summed E-state index contributed by atoms with van der Waals surface area (Å²) < 4.78 is 0. The zero-order valence-corrected chi connectivity index (χ0v) is 11.4. The fraction of sp³-hybridized carbons (Fsp3) is 0.333. The number of Topliss-reactive ketones (excluding diaryl/α,β-unsaturated/α-hetero) is 1. The number of carbonyl (C=O) groups excluding carboxylic acids is 1. The minimum Gasteiger partial charge on any atom is -0.375 e. The van der Waals surface area contributed by atoms with Crippen molar-refractivity contribution in [3.8, 4) is 0 Å². The Hall–Kier alpha value is -1.50. The van der Waals surface area contributed by atoms with Crippen LogP contribution < -0.4 is 5.73 Å². The van der Waals surface area contributed by atoms with Gasteiger partial charge in [-0.3, -0.25) is 4.79 Å². The largest absolute Gasteiger partial charge is 0.375 e. The molecule has 0 heterocycles. The van der Waals surface area contributed by atoms with Gasteiger partial charge in [0.05, 0.1) is 0 Å². The lowest BCUT2D eigenvalue weighted by molar-refractivity contribution is -0.0382. The van der Waals surface area contributed by atoms with Crippen LogP contribution in [-0.4, -0.2) is 46.3 Å². The standard InChI is InChI=1S/C12H17N3O2S/c1-8-6-4-5-7-9(8)10(16)11(17)15(12(13)18)14(2)3/h4-7,11,17H,1-3H3,(H2,13,18). The Kier molecular flexibility index (Phi) is 4.77. The monoisotopic (exact) mass is 267 g/mol. The molecule has 0 aliphatic heterocycles. The summed E-state index contributed by atoms with van der Waals surface area (Å²) in [4.78, 5) is 12.2. The molecule has 0 aliphatic carbocycles. The molecule has 1 unspecified atom stereocenters. The smallest absolute Gasteiger partial charge is 0.213 e. The van der Waals surface area contributed by atoms with Crippen LogP contribution in [0.1, 0.15) is 15.9 Å². The molecular formula is C12H17N3O2S. The zero-order valence-electron chi connectivity index (χ0n) is 10.6. The van der Waals surface area contributed by atoms with Crippen LogP contribution in [-0.2, 0) is 0 Å². The van der Waals surface area contributed by atoms with E-state index in [0.717, 1.165) is 10.6 Å². The molecule has 1 aromatic rings. The molecule has 0 bridgehead atoms. The molecule has 6 heteroatoms. The summed E-state index contributed by atoms with van der Waals surface area (Å²) in [5.41, 5.74) is 6.74. The van der Waals surface area contributed by atoms with E-state index < -0.39 is 12.0 Å². The van der Waals surface area contributed by atoms with E-state index in [1.54, 1.807) is 39.2 Å². The van der Waals surface area contributed by atoms with Gasteiger partial charge in [-0.2, -0.15) is 0 Å². The Morgan fingerprint density at radius 1 is 1.39 bits per heavy atom. The highest BCUT2D eigenvalue weighted by Gasteiger charge is 2.27. The van der Waals surface area contributed by atoms with Crippen LogP contribution in [0.4, 0.5) is 0 Å². The van der Waals surface area contributed by atoms with Crippen LogP contribution in [0.5, 0.6) is 0 Å². The second-order valence-corrected chi connectivity index (χ2v) is 4.50. The van der Waals surface area contributed by atoms with Gasteiger partial charge >= 0.3 is 0 Å². The number of thiocarbonyl (C=S) groups is 1. The predicted molar refractivity (Wildman–Crippen MR) is 73.8 cm³/mol. The Morgan fingerprint density at radius 3 is 2.39 bits per heavy atom. The summed E-state index contributed by atoms with van der Waals surface area (Å²) in [6.07, 6.45) is -1.42. The Morgan fingerprint density at radius 2 is 1.94 bits per heavy atom. The average molecular weight is 267 g/mol. The van der Waals surface area contributed by atoms with Crippen molar-refractivity contribution in [2.24, 2.45) is 5.73 Å². The lowest BCUT2D eigenvalue weighted by Crippen LogP contribution is -2.54. The summed E-state index contributed by atoms with van der Waals surface area (Å²) in [5, 5.41) is 12.6.